The van der Waals surface area contributed by atoms with E-state index < -0.39 is 0 Å². The minimum absolute atomic E-state index is 0.201. The third kappa shape index (κ3) is 5.49. The Morgan fingerprint density at radius 1 is 1.27 bits per heavy atom. The van der Waals surface area contributed by atoms with Gasteiger partial charge in [-0.2, -0.15) is 0 Å². The predicted octanol–water partition coefficient (Wildman–Crippen LogP) is 2.69. The molecule has 2 N–H and O–H groups in total. The van der Waals surface area contributed by atoms with E-state index in [0.29, 0.717) is 32.8 Å². The van der Waals surface area contributed by atoms with Crippen LogP contribution in [-0.2, 0) is 17.7 Å². The summed E-state index contributed by atoms with van der Waals surface area (Å²) in [5, 5.41) is 6.85. The molecule has 0 radical (unpaired) electrons. The van der Waals surface area contributed by atoms with Gasteiger partial charge in [-0.1, -0.05) is 0 Å². The molecule has 1 aromatic rings. The average molecular weight is 419 g/mol. The maximum absolute atomic E-state index is 11.9. The normalized spacial score (nSPS) is 19.1. The molecule has 0 bridgehead atoms. The van der Waals surface area contributed by atoms with Crippen LogP contribution in [0.2, 0.25) is 0 Å². The summed E-state index contributed by atoms with van der Waals surface area (Å²) >= 11 is 0. The Morgan fingerprint density at radius 2 is 2.03 bits per heavy atom. The highest BCUT2D eigenvalue weighted by Crippen LogP contribution is 2.35. The van der Waals surface area contributed by atoms with Gasteiger partial charge in [0.2, 0.25) is 0 Å². The highest BCUT2D eigenvalue weighted by atomic mass is 16.6. The summed E-state index contributed by atoms with van der Waals surface area (Å²) in [6.45, 7) is 8.88. The fourth-order valence-corrected chi connectivity index (χ4v) is 3.90. The molecule has 1 aromatic carbocycles. The van der Waals surface area contributed by atoms with Crippen molar-refractivity contribution in [2.75, 3.05) is 33.4 Å². The van der Waals surface area contributed by atoms with E-state index in [0.717, 1.165) is 42.3 Å². The SMILES string of the molecule is CCOC(=O)N1CCC(NC(=NC)NCc2cc3c(cc2OCC)CC(C)O3)CC1. The second-order valence-corrected chi connectivity index (χ2v) is 7.66. The number of hydrogen-bond donors (Lipinski definition) is 2. The van der Waals surface area contributed by atoms with Crippen LogP contribution in [0.1, 0.15) is 44.7 Å². The topological polar surface area (TPSA) is 84.4 Å². The molecule has 3 rings (SSSR count). The van der Waals surface area contributed by atoms with Gasteiger partial charge in [-0.05, 0) is 45.7 Å². The molecule has 2 aliphatic heterocycles. The first-order valence-corrected chi connectivity index (χ1v) is 10.9. The number of nitrogens with one attached hydrogen (secondary N) is 2. The van der Waals surface area contributed by atoms with Crippen LogP contribution in [-0.4, -0.2) is 62.4 Å². The molecule has 0 aromatic heterocycles. The molecule has 0 spiro atoms. The van der Waals surface area contributed by atoms with Crippen molar-refractivity contribution in [3.8, 4) is 11.5 Å². The van der Waals surface area contributed by atoms with E-state index in [2.05, 4.69) is 34.7 Å². The average Bonchev–Trinajstić information content (AvgIpc) is 3.10. The molecular weight excluding hydrogens is 384 g/mol. The van der Waals surface area contributed by atoms with Gasteiger partial charge in [-0.15, -0.1) is 0 Å². The molecule has 1 unspecified atom stereocenters. The number of rotatable bonds is 6. The summed E-state index contributed by atoms with van der Waals surface area (Å²) in [5.41, 5.74) is 2.25. The fraction of sp³-hybridized carbons (Fsp3) is 0.636. The Balaban J connectivity index is 1.55. The van der Waals surface area contributed by atoms with Crippen molar-refractivity contribution in [2.45, 2.75) is 58.7 Å². The Labute approximate surface area is 179 Å². The van der Waals surface area contributed by atoms with E-state index in [-0.39, 0.29) is 18.2 Å². The number of likely N-dealkylation sites (tertiary alicyclic amines) is 1. The van der Waals surface area contributed by atoms with E-state index in [4.69, 9.17) is 14.2 Å². The maximum atomic E-state index is 11.9. The summed E-state index contributed by atoms with van der Waals surface area (Å²) in [5.74, 6) is 2.57. The number of guanidine groups is 1. The van der Waals surface area contributed by atoms with Gasteiger partial charge in [0.25, 0.3) is 0 Å². The second kappa shape index (κ2) is 10.4. The first-order chi connectivity index (χ1) is 14.5. The Kier molecular flexibility index (Phi) is 7.65. The number of hydrogen-bond acceptors (Lipinski definition) is 5. The highest BCUT2D eigenvalue weighted by molar-refractivity contribution is 5.80. The molecule has 1 saturated heterocycles. The third-order valence-corrected chi connectivity index (χ3v) is 5.41. The second-order valence-electron chi connectivity index (χ2n) is 7.66. The lowest BCUT2D eigenvalue weighted by Gasteiger charge is -2.32. The fourth-order valence-electron chi connectivity index (χ4n) is 3.90. The molecule has 8 nitrogen and oxygen atoms in total. The third-order valence-electron chi connectivity index (χ3n) is 5.41. The van der Waals surface area contributed by atoms with Crippen molar-refractivity contribution in [1.29, 1.82) is 0 Å². The molecule has 1 fully saturated rings. The molecule has 30 heavy (non-hydrogen) atoms. The summed E-state index contributed by atoms with van der Waals surface area (Å²) in [6, 6.07) is 4.43. The Hall–Kier alpha value is -2.64. The number of benzene rings is 1. The Bertz CT molecular complexity index is 760. The summed E-state index contributed by atoms with van der Waals surface area (Å²) in [7, 11) is 1.76. The molecular formula is C22H34N4O4. The summed E-state index contributed by atoms with van der Waals surface area (Å²) in [6.07, 6.45) is 2.60. The van der Waals surface area contributed by atoms with Crippen LogP contribution < -0.4 is 20.1 Å². The number of ether oxygens (including phenoxy) is 3. The minimum Gasteiger partial charge on any atom is -0.494 e. The number of piperidine rings is 1. The smallest absolute Gasteiger partial charge is 0.409 e. The van der Waals surface area contributed by atoms with Crippen LogP contribution in [0.15, 0.2) is 17.1 Å². The lowest BCUT2D eigenvalue weighted by Crippen LogP contribution is -2.49. The van der Waals surface area contributed by atoms with Crippen molar-refractivity contribution in [3.05, 3.63) is 23.3 Å². The van der Waals surface area contributed by atoms with Gasteiger partial charge >= 0.3 is 6.09 Å². The Morgan fingerprint density at radius 3 is 2.70 bits per heavy atom. The van der Waals surface area contributed by atoms with Crippen molar-refractivity contribution < 1.29 is 19.0 Å². The number of carbonyl (C=O) groups excluding carboxylic acids is 1. The van der Waals surface area contributed by atoms with E-state index in [1.54, 1.807) is 11.9 Å². The van der Waals surface area contributed by atoms with Crippen molar-refractivity contribution in [2.24, 2.45) is 4.99 Å². The van der Waals surface area contributed by atoms with Gasteiger partial charge < -0.3 is 29.7 Å². The predicted molar refractivity (Wildman–Crippen MR) is 116 cm³/mol. The largest absolute Gasteiger partial charge is 0.494 e. The van der Waals surface area contributed by atoms with Crippen LogP contribution in [0.3, 0.4) is 0 Å². The van der Waals surface area contributed by atoms with Gasteiger partial charge in [0.15, 0.2) is 5.96 Å². The van der Waals surface area contributed by atoms with Crippen molar-refractivity contribution >= 4 is 12.1 Å². The van der Waals surface area contributed by atoms with E-state index >= 15 is 0 Å². The van der Waals surface area contributed by atoms with Gasteiger partial charge in [-0.3, -0.25) is 4.99 Å². The minimum atomic E-state index is -0.227. The molecule has 1 atom stereocenters. The van der Waals surface area contributed by atoms with Crippen LogP contribution in [0, 0.1) is 0 Å². The lowest BCUT2D eigenvalue weighted by atomic mass is 10.1. The molecule has 0 aliphatic carbocycles. The van der Waals surface area contributed by atoms with Gasteiger partial charge in [0, 0.05) is 50.3 Å². The molecule has 0 saturated carbocycles. The molecule has 2 heterocycles. The van der Waals surface area contributed by atoms with Gasteiger partial charge in [0.1, 0.15) is 17.6 Å². The molecule has 1 amide bonds. The van der Waals surface area contributed by atoms with Crippen LogP contribution in [0.4, 0.5) is 4.79 Å². The van der Waals surface area contributed by atoms with Crippen LogP contribution >= 0.6 is 0 Å². The summed E-state index contributed by atoms with van der Waals surface area (Å²) < 4.78 is 16.9. The quantitative estimate of drug-likeness (QED) is 0.546. The standard InChI is InChI=1S/C22H34N4O4/c1-5-28-19-12-16-11-15(3)30-20(16)13-17(19)14-24-21(23-4)25-18-7-9-26(10-8-18)22(27)29-6-2/h12-13,15,18H,5-11,14H2,1-4H3,(H2,23,24,25). The zero-order chi connectivity index (χ0) is 21.5. The summed E-state index contributed by atoms with van der Waals surface area (Å²) in [4.78, 5) is 18.0. The van der Waals surface area contributed by atoms with E-state index in [1.165, 1.54) is 5.56 Å². The van der Waals surface area contributed by atoms with E-state index in [1.807, 2.05) is 13.8 Å². The number of carbonyl (C=O) groups is 1. The molecule has 8 heteroatoms. The monoisotopic (exact) mass is 418 g/mol. The van der Waals surface area contributed by atoms with Gasteiger partial charge in [0.05, 0.1) is 13.2 Å². The van der Waals surface area contributed by atoms with E-state index in [9.17, 15) is 4.79 Å². The van der Waals surface area contributed by atoms with Crippen LogP contribution in [0.25, 0.3) is 0 Å². The number of aliphatic imine (C=N–C) groups is 1. The molecule has 166 valence electrons. The van der Waals surface area contributed by atoms with Gasteiger partial charge in [-0.25, -0.2) is 4.79 Å². The highest BCUT2D eigenvalue weighted by Gasteiger charge is 2.25. The first-order valence-electron chi connectivity index (χ1n) is 10.9. The molecule has 2 aliphatic rings. The van der Waals surface area contributed by atoms with Crippen molar-refractivity contribution in [3.63, 3.8) is 0 Å². The zero-order valence-electron chi connectivity index (χ0n) is 18.5. The number of nitrogens with zero attached hydrogens (tertiary/aromatic N) is 2. The van der Waals surface area contributed by atoms with Crippen LogP contribution in [0.5, 0.6) is 11.5 Å². The first kappa shape index (κ1) is 22.1. The zero-order valence-corrected chi connectivity index (χ0v) is 18.5. The number of fused-ring (bicyclic) bond motifs is 1. The number of amides is 1. The lowest BCUT2D eigenvalue weighted by molar-refractivity contribution is 0.0963. The maximum Gasteiger partial charge on any atom is 0.409 e. The van der Waals surface area contributed by atoms with Crippen molar-refractivity contribution in [1.82, 2.24) is 15.5 Å².